The summed E-state index contributed by atoms with van der Waals surface area (Å²) in [5.41, 5.74) is 5.42. The molecule has 0 aliphatic carbocycles. The zero-order chi connectivity index (χ0) is 13.1. The molecule has 1 aliphatic heterocycles. The summed E-state index contributed by atoms with van der Waals surface area (Å²) >= 11 is 4.76. The molecule has 17 heavy (non-hydrogen) atoms. The van der Waals surface area contributed by atoms with E-state index in [1.165, 1.54) is 4.31 Å². The Morgan fingerprint density at radius 3 is 2.29 bits per heavy atom. The number of hydrogen-bond donors (Lipinski definition) is 1. The SMILES string of the molecule is CCCN1CCN(S(=O)(=O)C(C)C(N)=S)CC1. The molecule has 1 heterocycles. The second kappa shape index (κ2) is 6.08. The van der Waals surface area contributed by atoms with Crippen LogP contribution in [0.2, 0.25) is 0 Å². The van der Waals surface area contributed by atoms with Gasteiger partial charge in [-0.25, -0.2) is 8.42 Å². The van der Waals surface area contributed by atoms with Crippen molar-refractivity contribution in [2.24, 2.45) is 5.73 Å². The van der Waals surface area contributed by atoms with E-state index in [1.807, 2.05) is 0 Å². The first-order valence-electron chi connectivity index (χ1n) is 5.90. The van der Waals surface area contributed by atoms with Crippen molar-refractivity contribution in [3.05, 3.63) is 0 Å². The van der Waals surface area contributed by atoms with Gasteiger partial charge in [-0.3, -0.25) is 0 Å². The van der Waals surface area contributed by atoms with E-state index in [-0.39, 0.29) is 4.99 Å². The minimum atomic E-state index is -3.36. The third-order valence-corrected chi connectivity index (χ3v) is 5.81. The second-order valence-corrected chi connectivity index (χ2v) is 7.06. The highest BCUT2D eigenvalue weighted by Crippen LogP contribution is 2.13. The zero-order valence-electron chi connectivity index (χ0n) is 10.4. The predicted octanol–water partition coefficient (Wildman–Crippen LogP) is 0.0184. The molecule has 0 aromatic heterocycles. The smallest absolute Gasteiger partial charge is 0.223 e. The summed E-state index contributed by atoms with van der Waals surface area (Å²) in [6.45, 7) is 7.35. The highest BCUT2D eigenvalue weighted by atomic mass is 32.2. The summed E-state index contributed by atoms with van der Waals surface area (Å²) in [6, 6.07) is 0. The van der Waals surface area contributed by atoms with Crippen LogP contribution in [0.5, 0.6) is 0 Å². The number of sulfonamides is 1. The van der Waals surface area contributed by atoms with Crippen molar-refractivity contribution in [2.45, 2.75) is 25.5 Å². The summed E-state index contributed by atoms with van der Waals surface area (Å²) in [4.78, 5) is 2.32. The highest BCUT2D eigenvalue weighted by Gasteiger charge is 2.32. The van der Waals surface area contributed by atoms with Gasteiger partial charge < -0.3 is 10.6 Å². The number of hydrogen-bond acceptors (Lipinski definition) is 4. The molecule has 1 unspecified atom stereocenters. The molecule has 1 rings (SSSR count). The maximum Gasteiger partial charge on any atom is 0.223 e. The average Bonchev–Trinajstić information content (AvgIpc) is 2.29. The summed E-state index contributed by atoms with van der Waals surface area (Å²) < 4.78 is 25.8. The lowest BCUT2D eigenvalue weighted by molar-refractivity contribution is 0.188. The maximum absolute atomic E-state index is 12.1. The van der Waals surface area contributed by atoms with Gasteiger partial charge in [-0.1, -0.05) is 19.1 Å². The van der Waals surface area contributed by atoms with Crippen LogP contribution in [0.1, 0.15) is 20.3 Å². The molecule has 7 heteroatoms. The lowest BCUT2D eigenvalue weighted by Gasteiger charge is -2.34. The highest BCUT2D eigenvalue weighted by molar-refractivity contribution is 7.92. The van der Waals surface area contributed by atoms with E-state index in [0.29, 0.717) is 13.1 Å². The lowest BCUT2D eigenvalue weighted by Crippen LogP contribution is -2.52. The van der Waals surface area contributed by atoms with Crippen LogP contribution in [-0.2, 0) is 10.0 Å². The van der Waals surface area contributed by atoms with Crippen LogP contribution in [0.4, 0.5) is 0 Å². The summed E-state index contributed by atoms with van der Waals surface area (Å²) in [5, 5.41) is -0.768. The fourth-order valence-electron chi connectivity index (χ4n) is 1.89. The topological polar surface area (TPSA) is 66.6 Å². The molecule has 1 aliphatic rings. The van der Waals surface area contributed by atoms with E-state index in [4.69, 9.17) is 18.0 Å². The van der Waals surface area contributed by atoms with Gasteiger partial charge in [0.1, 0.15) is 5.25 Å². The van der Waals surface area contributed by atoms with Gasteiger partial charge in [-0.05, 0) is 19.9 Å². The first kappa shape index (κ1) is 14.8. The molecule has 0 amide bonds. The Labute approximate surface area is 109 Å². The van der Waals surface area contributed by atoms with Crippen molar-refractivity contribution in [3.63, 3.8) is 0 Å². The number of piperazine rings is 1. The first-order chi connectivity index (χ1) is 7.89. The monoisotopic (exact) mass is 279 g/mol. The van der Waals surface area contributed by atoms with E-state index in [0.717, 1.165) is 26.1 Å². The standard InChI is InChI=1S/C10H21N3O2S2/c1-3-4-12-5-7-13(8-6-12)17(14,15)9(2)10(11)16/h9H,3-8H2,1-2H3,(H2,11,16). The van der Waals surface area contributed by atoms with Gasteiger partial charge in [0.2, 0.25) is 10.0 Å². The fourth-order valence-corrected chi connectivity index (χ4v) is 3.67. The minimum Gasteiger partial charge on any atom is -0.392 e. The van der Waals surface area contributed by atoms with Gasteiger partial charge in [0, 0.05) is 26.2 Å². The Morgan fingerprint density at radius 1 is 1.35 bits per heavy atom. The predicted molar refractivity (Wildman–Crippen MR) is 73.5 cm³/mol. The van der Waals surface area contributed by atoms with Gasteiger partial charge in [-0.2, -0.15) is 4.31 Å². The summed E-state index contributed by atoms with van der Waals surface area (Å²) in [5.74, 6) is 0. The van der Waals surface area contributed by atoms with Crippen LogP contribution in [-0.4, -0.2) is 60.6 Å². The van der Waals surface area contributed by atoms with Crippen LogP contribution in [0.25, 0.3) is 0 Å². The van der Waals surface area contributed by atoms with Crippen molar-refractivity contribution in [3.8, 4) is 0 Å². The van der Waals surface area contributed by atoms with E-state index in [2.05, 4.69) is 11.8 Å². The second-order valence-electron chi connectivity index (χ2n) is 4.33. The molecule has 5 nitrogen and oxygen atoms in total. The van der Waals surface area contributed by atoms with E-state index in [9.17, 15) is 8.42 Å². The minimum absolute atomic E-state index is 0.0426. The van der Waals surface area contributed by atoms with Crippen molar-refractivity contribution in [1.82, 2.24) is 9.21 Å². The van der Waals surface area contributed by atoms with Crippen LogP contribution in [0.3, 0.4) is 0 Å². The van der Waals surface area contributed by atoms with Crippen LogP contribution in [0.15, 0.2) is 0 Å². The first-order valence-corrected chi connectivity index (χ1v) is 7.81. The van der Waals surface area contributed by atoms with Gasteiger partial charge in [0.15, 0.2) is 0 Å². The zero-order valence-corrected chi connectivity index (χ0v) is 12.1. The molecule has 0 radical (unpaired) electrons. The molecule has 0 spiro atoms. The van der Waals surface area contributed by atoms with Gasteiger partial charge in [0.05, 0.1) is 4.99 Å². The Balaban J connectivity index is 2.62. The molecule has 1 atom stereocenters. The van der Waals surface area contributed by atoms with Crippen molar-refractivity contribution >= 4 is 27.2 Å². The fraction of sp³-hybridized carbons (Fsp3) is 0.900. The molecule has 1 saturated heterocycles. The van der Waals surface area contributed by atoms with Crippen molar-refractivity contribution < 1.29 is 8.42 Å². The summed E-state index contributed by atoms with van der Waals surface area (Å²) in [6.07, 6.45) is 1.09. The molecule has 0 aromatic rings. The lowest BCUT2D eigenvalue weighted by atomic mass is 10.3. The Hall–Kier alpha value is -0.240. The van der Waals surface area contributed by atoms with E-state index in [1.54, 1.807) is 6.92 Å². The summed E-state index contributed by atoms with van der Waals surface area (Å²) in [7, 11) is -3.36. The molecule has 2 N–H and O–H groups in total. The van der Waals surface area contributed by atoms with Crippen molar-refractivity contribution in [2.75, 3.05) is 32.7 Å². The molecule has 0 aromatic carbocycles. The van der Waals surface area contributed by atoms with Gasteiger partial charge >= 0.3 is 0 Å². The Kier molecular flexibility index (Phi) is 5.30. The van der Waals surface area contributed by atoms with E-state index >= 15 is 0 Å². The molecular formula is C10H21N3O2S2. The Morgan fingerprint density at radius 2 is 1.88 bits per heavy atom. The van der Waals surface area contributed by atoms with Crippen LogP contribution >= 0.6 is 12.2 Å². The van der Waals surface area contributed by atoms with Crippen LogP contribution < -0.4 is 5.73 Å². The van der Waals surface area contributed by atoms with Gasteiger partial charge in [-0.15, -0.1) is 0 Å². The number of nitrogens with two attached hydrogens (primary N) is 1. The van der Waals surface area contributed by atoms with Crippen LogP contribution in [0, 0.1) is 0 Å². The molecular weight excluding hydrogens is 258 g/mol. The van der Waals surface area contributed by atoms with Gasteiger partial charge in [0.25, 0.3) is 0 Å². The molecule has 0 saturated carbocycles. The third-order valence-electron chi connectivity index (χ3n) is 3.08. The molecule has 1 fully saturated rings. The maximum atomic E-state index is 12.1. The van der Waals surface area contributed by atoms with Crippen molar-refractivity contribution in [1.29, 1.82) is 0 Å². The number of rotatable bonds is 5. The quantitative estimate of drug-likeness (QED) is 0.719. The largest absolute Gasteiger partial charge is 0.392 e. The average molecular weight is 279 g/mol. The number of thiocarbonyl (C=S) groups is 1. The van der Waals surface area contributed by atoms with E-state index < -0.39 is 15.3 Å². The molecule has 0 bridgehead atoms. The third kappa shape index (κ3) is 3.61. The number of nitrogens with zero attached hydrogens (tertiary/aromatic N) is 2. The molecule has 100 valence electrons. The normalized spacial score (nSPS) is 21.3. The Bertz CT molecular complexity index is 362.